The van der Waals surface area contributed by atoms with Gasteiger partial charge < -0.3 is 14.8 Å². The molecule has 0 unspecified atom stereocenters. The number of ether oxygens (including phenoxy) is 2. The number of anilines is 2. The van der Waals surface area contributed by atoms with Gasteiger partial charge in [0.05, 0.1) is 31.6 Å². The van der Waals surface area contributed by atoms with E-state index in [1.807, 2.05) is 47.4 Å². The summed E-state index contributed by atoms with van der Waals surface area (Å²) in [6.07, 6.45) is 4.35. The highest BCUT2D eigenvalue weighted by Gasteiger charge is 2.44. The first-order valence-corrected chi connectivity index (χ1v) is 12.5. The van der Waals surface area contributed by atoms with E-state index in [0.29, 0.717) is 36.3 Å². The molecule has 2 aliphatic rings. The summed E-state index contributed by atoms with van der Waals surface area (Å²) in [6.45, 7) is 6.35. The van der Waals surface area contributed by atoms with E-state index in [4.69, 9.17) is 9.47 Å². The third kappa shape index (κ3) is 4.93. The molecule has 0 spiro atoms. The lowest BCUT2D eigenvalue weighted by molar-refractivity contribution is -0.119. The average molecular weight is 477 g/mol. The Bertz CT molecular complexity index is 1150. The molecule has 0 saturated carbocycles. The van der Waals surface area contributed by atoms with Crippen molar-refractivity contribution in [1.82, 2.24) is 0 Å². The highest BCUT2D eigenvalue weighted by molar-refractivity contribution is 6.06. The lowest BCUT2D eigenvalue weighted by Crippen LogP contribution is -2.39. The Kier molecular flexibility index (Phi) is 7.20. The lowest BCUT2D eigenvalue weighted by atomic mass is 9.73. The highest BCUT2D eigenvalue weighted by atomic mass is 16.5. The molecule has 1 aliphatic heterocycles. The molecule has 1 heterocycles. The van der Waals surface area contributed by atoms with Gasteiger partial charge in [0.1, 0.15) is 11.5 Å². The van der Waals surface area contributed by atoms with Gasteiger partial charge in [0.15, 0.2) is 5.78 Å². The number of para-hydroxylation sites is 2. The van der Waals surface area contributed by atoms with Crippen LogP contribution in [0.5, 0.6) is 11.5 Å². The predicted molar refractivity (Wildman–Crippen MR) is 139 cm³/mol. The molecule has 6 heteroatoms. The molecule has 0 fully saturated rings. The maximum absolute atomic E-state index is 13.9. The zero-order valence-corrected chi connectivity index (χ0v) is 21.4. The molecule has 1 aliphatic carbocycles. The van der Waals surface area contributed by atoms with Crippen LogP contribution in [0.2, 0.25) is 0 Å². The molecule has 1 N–H and O–H groups in total. The van der Waals surface area contributed by atoms with Crippen LogP contribution in [0, 0.1) is 5.41 Å². The summed E-state index contributed by atoms with van der Waals surface area (Å²) < 4.78 is 11.3. The largest absolute Gasteiger partial charge is 0.497 e. The van der Waals surface area contributed by atoms with Crippen LogP contribution in [0.4, 0.5) is 11.4 Å². The number of rotatable bonds is 7. The fraction of sp³-hybridized carbons (Fsp3) is 0.448. The second-order valence-electron chi connectivity index (χ2n) is 10.2. The summed E-state index contributed by atoms with van der Waals surface area (Å²) in [4.78, 5) is 29.5. The Hall–Kier alpha value is -3.28. The molecular formula is C29H36N2O4. The summed E-state index contributed by atoms with van der Waals surface area (Å²) in [5.41, 5.74) is 3.67. The van der Waals surface area contributed by atoms with Gasteiger partial charge in [-0.2, -0.15) is 0 Å². The molecule has 1 atom stereocenters. The molecule has 0 radical (unpaired) electrons. The molecule has 4 rings (SSSR count). The normalized spacial score (nSPS) is 18.8. The first-order valence-electron chi connectivity index (χ1n) is 12.5. The van der Waals surface area contributed by atoms with Crippen molar-refractivity contribution in [3.63, 3.8) is 0 Å². The monoisotopic (exact) mass is 476 g/mol. The zero-order chi connectivity index (χ0) is 25.2. The standard InChI is InChI=1S/C29H36N2O4/c1-6-7-8-13-26(33)31-23-12-10-9-11-21(23)30-22-17-29(2,3)18-24(32)27(22)28(31)20-16-19(34-4)14-15-25(20)35-5/h9-12,14-16,28,30H,6-8,13,17-18H2,1-5H3/t28-/m0/s1. The minimum absolute atomic E-state index is 0.00560. The van der Waals surface area contributed by atoms with Crippen LogP contribution in [0.1, 0.15) is 70.9 Å². The van der Waals surface area contributed by atoms with E-state index in [-0.39, 0.29) is 17.1 Å². The molecule has 1 amide bonds. The minimum atomic E-state index is -0.621. The van der Waals surface area contributed by atoms with Crippen LogP contribution in [0.3, 0.4) is 0 Å². The number of carbonyl (C=O) groups excluding carboxylic acids is 2. The fourth-order valence-electron chi connectivity index (χ4n) is 5.26. The number of hydrogen-bond donors (Lipinski definition) is 1. The molecule has 2 aromatic carbocycles. The SMILES string of the molecule is CCCCCC(=O)N1c2ccccc2NC2=C(C(=O)CC(C)(C)C2)[C@@H]1c1cc(OC)ccc1OC. The third-order valence-electron chi connectivity index (χ3n) is 6.90. The number of unbranched alkanes of at least 4 members (excludes halogenated alkanes) is 2. The Morgan fingerprint density at radius 3 is 2.57 bits per heavy atom. The van der Waals surface area contributed by atoms with Crippen LogP contribution >= 0.6 is 0 Å². The van der Waals surface area contributed by atoms with Gasteiger partial charge in [0.2, 0.25) is 5.91 Å². The van der Waals surface area contributed by atoms with Crippen LogP contribution in [-0.4, -0.2) is 25.9 Å². The van der Waals surface area contributed by atoms with Crippen LogP contribution in [-0.2, 0) is 9.59 Å². The van der Waals surface area contributed by atoms with Gasteiger partial charge >= 0.3 is 0 Å². The van der Waals surface area contributed by atoms with Crippen molar-refractivity contribution in [3.8, 4) is 11.5 Å². The van der Waals surface area contributed by atoms with E-state index in [2.05, 4.69) is 26.1 Å². The van der Waals surface area contributed by atoms with E-state index in [0.717, 1.165) is 41.9 Å². The number of nitrogens with one attached hydrogen (secondary N) is 1. The molecule has 0 bridgehead atoms. The summed E-state index contributed by atoms with van der Waals surface area (Å²) in [5.74, 6) is 1.31. The van der Waals surface area contributed by atoms with E-state index in [9.17, 15) is 9.59 Å². The summed E-state index contributed by atoms with van der Waals surface area (Å²) in [5, 5.41) is 3.56. The number of allylic oxidation sites excluding steroid dienone is 1. The molecule has 2 aromatic rings. The molecular weight excluding hydrogens is 440 g/mol. The summed E-state index contributed by atoms with van der Waals surface area (Å²) >= 11 is 0. The molecule has 0 aromatic heterocycles. The molecule has 0 saturated heterocycles. The number of Topliss-reactive ketones (excluding diaryl/α,β-unsaturated/α-hetero) is 1. The number of amides is 1. The Balaban J connectivity index is 1.99. The van der Waals surface area contributed by atoms with E-state index >= 15 is 0 Å². The van der Waals surface area contributed by atoms with Gasteiger partial charge in [0.25, 0.3) is 0 Å². The van der Waals surface area contributed by atoms with E-state index < -0.39 is 6.04 Å². The smallest absolute Gasteiger partial charge is 0.227 e. The van der Waals surface area contributed by atoms with Crippen molar-refractivity contribution >= 4 is 23.1 Å². The predicted octanol–water partition coefficient (Wildman–Crippen LogP) is 6.43. The number of methoxy groups -OCH3 is 2. The Morgan fingerprint density at radius 2 is 1.86 bits per heavy atom. The van der Waals surface area contributed by atoms with Gasteiger partial charge in [-0.25, -0.2) is 0 Å². The van der Waals surface area contributed by atoms with Crippen molar-refractivity contribution in [3.05, 3.63) is 59.3 Å². The number of fused-ring (bicyclic) bond motifs is 1. The minimum Gasteiger partial charge on any atom is -0.497 e. The second-order valence-corrected chi connectivity index (χ2v) is 10.2. The van der Waals surface area contributed by atoms with Crippen LogP contribution in [0.25, 0.3) is 0 Å². The van der Waals surface area contributed by atoms with Crippen molar-refractivity contribution < 1.29 is 19.1 Å². The maximum atomic E-state index is 13.9. The summed E-state index contributed by atoms with van der Waals surface area (Å²) in [6, 6.07) is 12.8. The van der Waals surface area contributed by atoms with Crippen molar-refractivity contribution in [2.75, 3.05) is 24.4 Å². The van der Waals surface area contributed by atoms with Crippen molar-refractivity contribution in [2.45, 2.75) is 65.3 Å². The van der Waals surface area contributed by atoms with E-state index in [1.165, 1.54) is 0 Å². The molecule has 6 nitrogen and oxygen atoms in total. The number of hydrogen-bond acceptors (Lipinski definition) is 5. The number of nitrogens with zero attached hydrogens (tertiary/aromatic N) is 1. The molecule has 35 heavy (non-hydrogen) atoms. The van der Waals surface area contributed by atoms with E-state index in [1.54, 1.807) is 14.2 Å². The zero-order valence-electron chi connectivity index (χ0n) is 21.4. The first kappa shape index (κ1) is 24.8. The number of benzene rings is 2. The number of carbonyl (C=O) groups is 2. The van der Waals surface area contributed by atoms with Gasteiger partial charge in [-0.1, -0.05) is 45.7 Å². The highest BCUT2D eigenvalue weighted by Crippen LogP contribution is 2.50. The fourth-order valence-corrected chi connectivity index (χ4v) is 5.26. The average Bonchev–Trinajstić information content (AvgIpc) is 2.97. The topological polar surface area (TPSA) is 67.9 Å². The quantitative estimate of drug-likeness (QED) is 0.467. The van der Waals surface area contributed by atoms with Crippen molar-refractivity contribution in [2.24, 2.45) is 5.41 Å². The van der Waals surface area contributed by atoms with Crippen LogP contribution < -0.4 is 19.7 Å². The Morgan fingerprint density at radius 1 is 1.09 bits per heavy atom. The first-order chi connectivity index (χ1) is 16.8. The second kappa shape index (κ2) is 10.1. The van der Waals surface area contributed by atoms with Crippen molar-refractivity contribution in [1.29, 1.82) is 0 Å². The van der Waals surface area contributed by atoms with Crippen LogP contribution in [0.15, 0.2) is 53.7 Å². The maximum Gasteiger partial charge on any atom is 0.227 e. The van der Waals surface area contributed by atoms with Gasteiger partial charge in [-0.3, -0.25) is 14.5 Å². The molecule has 186 valence electrons. The summed E-state index contributed by atoms with van der Waals surface area (Å²) in [7, 11) is 3.23. The van der Waals surface area contributed by atoms with Gasteiger partial charge in [-0.15, -0.1) is 0 Å². The van der Waals surface area contributed by atoms with Gasteiger partial charge in [-0.05, 0) is 48.6 Å². The number of ketones is 1. The third-order valence-corrected chi connectivity index (χ3v) is 6.90. The lowest BCUT2D eigenvalue weighted by Gasteiger charge is -2.37. The Labute approximate surface area is 208 Å². The van der Waals surface area contributed by atoms with Gasteiger partial charge in [0, 0.05) is 29.7 Å².